The van der Waals surface area contributed by atoms with Crippen LogP contribution in [-0.2, 0) is 6.42 Å². The van der Waals surface area contributed by atoms with E-state index in [0.29, 0.717) is 39.3 Å². The van der Waals surface area contributed by atoms with Crippen LogP contribution in [0.4, 0.5) is 0 Å². The van der Waals surface area contributed by atoms with Gasteiger partial charge in [-0.25, -0.2) is 9.36 Å². The number of rotatable bonds is 6. The lowest BCUT2D eigenvalue weighted by Gasteiger charge is -2.13. The van der Waals surface area contributed by atoms with E-state index >= 15 is 0 Å². The number of halogens is 2. The van der Waals surface area contributed by atoms with Crippen molar-refractivity contribution in [1.29, 1.82) is 0 Å². The van der Waals surface area contributed by atoms with E-state index in [4.69, 9.17) is 23.2 Å². The van der Waals surface area contributed by atoms with Crippen LogP contribution in [0.2, 0.25) is 10.0 Å². The summed E-state index contributed by atoms with van der Waals surface area (Å²) in [5, 5.41) is 12.1. The van der Waals surface area contributed by atoms with Crippen molar-refractivity contribution in [2.75, 3.05) is 0 Å². The normalized spacial score (nSPS) is 11.3. The van der Waals surface area contributed by atoms with Crippen molar-refractivity contribution in [2.24, 2.45) is 5.92 Å². The first kappa shape index (κ1) is 19.6. The highest BCUT2D eigenvalue weighted by Gasteiger charge is 2.23. The topological polar surface area (TPSA) is 47.2 Å². The van der Waals surface area contributed by atoms with Crippen molar-refractivity contribution in [3.8, 4) is 17.3 Å². The molecular weight excluding hydrogens is 383 g/mol. The maximum Gasteiger partial charge on any atom is 0.278 e. The first-order valence-electron chi connectivity index (χ1n) is 9.04. The summed E-state index contributed by atoms with van der Waals surface area (Å²) >= 11 is 12.0. The number of aromatic hydroxyl groups is 1. The third-order valence-electron chi connectivity index (χ3n) is 4.91. The maximum atomic E-state index is 13.2. The molecule has 0 radical (unpaired) electrons. The molecule has 0 saturated heterocycles. The van der Waals surface area contributed by atoms with E-state index in [1.165, 1.54) is 9.36 Å². The molecular formula is C21H22Cl2N2O2. The molecule has 0 saturated carbocycles. The van der Waals surface area contributed by atoms with Crippen molar-refractivity contribution in [3.63, 3.8) is 0 Å². The molecule has 2 aromatic carbocycles. The van der Waals surface area contributed by atoms with E-state index in [1.54, 1.807) is 48.5 Å². The minimum atomic E-state index is -0.225. The largest absolute Gasteiger partial charge is 0.493 e. The Morgan fingerprint density at radius 1 is 0.852 bits per heavy atom. The maximum absolute atomic E-state index is 13.2. The number of nitrogens with zero attached hydrogens (tertiary/aromatic N) is 2. The molecule has 4 nitrogen and oxygen atoms in total. The molecule has 1 aromatic heterocycles. The summed E-state index contributed by atoms with van der Waals surface area (Å²) in [6, 6.07) is 14.0. The second-order valence-electron chi connectivity index (χ2n) is 6.57. The molecule has 0 aliphatic heterocycles. The summed E-state index contributed by atoms with van der Waals surface area (Å²) in [5.74, 6) is 0.299. The zero-order valence-electron chi connectivity index (χ0n) is 15.3. The predicted octanol–water partition coefficient (Wildman–Crippen LogP) is 5.62. The van der Waals surface area contributed by atoms with E-state index in [-0.39, 0.29) is 11.4 Å². The Balaban J connectivity index is 2.24. The number of benzene rings is 2. The highest BCUT2D eigenvalue weighted by atomic mass is 35.5. The Labute approximate surface area is 168 Å². The fourth-order valence-corrected chi connectivity index (χ4v) is 3.47. The molecule has 0 unspecified atom stereocenters. The minimum Gasteiger partial charge on any atom is -0.493 e. The first-order valence-corrected chi connectivity index (χ1v) is 9.79. The number of aromatic nitrogens is 2. The highest BCUT2D eigenvalue weighted by molar-refractivity contribution is 6.30. The molecule has 27 heavy (non-hydrogen) atoms. The van der Waals surface area contributed by atoms with Crippen molar-refractivity contribution >= 4 is 23.2 Å². The summed E-state index contributed by atoms with van der Waals surface area (Å²) in [6.45, 7) is 4.19. The van der Waals surface area contributed by atoms with Crippen LogP contribution in [0.5, 0.6) is 5.88 Å². The highest BCUT2D eigenvalue weighted by Crippen LogP contribution is 2.27. The zero-order chi connectivity index (χ0) is 19.6. The Bertz CT molecular complexity index is 969. The first-order chi connectivity index (χ1) is 13.0. The fourth-order valence-electron chi connectivity index (χ4n) is 3.22. The van der Waals surface area contributed by atoms with Gasteiger partial charge in [0.2, 0.25) is 5.88 Å². The lowest BCUT2D eigenvalue weighted by molar-refractivity contribution is 0.411. The lowest BCUT2D eigenvalue weighted by atomic mass is 9.96. The summed E-state index contributed by atoms with van der Waals surface area (Å²) in [7, 11) is 0. The minimum absolute atomic E-state index is 0.0378. The van der Waals surface area contributed by atoms with Crippen LogP contribution in [0.25, 0.3) is 11.4 Å². The lowest BCUT2D eigenvalue weighted by Crippen LogP contribution is -2.22. The fraction of sp³-hybridized carbons (Fsp3) is 0.286. The Hall–Kier alpha value is -2.17. The molecule has 0 amide bonds. The molecule has 0 bridgehead atoms. The average molecular weight is 405 g/mol. The van der Waals surface area contributed by atoms with Gasteiger partial charge >= 0.3 is 0 Å². The summed E-state index contributed by atoms with van der Waals surface area (Å²) < 4.78 is 3.01. The van der Waals surface area contributed by atoms with Crippen LogP contribution < -0.4 is 5.56 Å². The molecule has 0 spiro atoms. The molecule has 0 aliphatic rings. The predicted molar refractivity (Wildman–Crippen MR) is 111 cm³/mol. The number of hydrogen-bond acceptors (Lipinski definition) is 2. The van der Waals surface area contributed by atoms with Crippen LogP contribution in [0.3, 0.4) is 0 Å². The summed E-state index contributed by atoms with van der Waals surface area (Å²) in [4.78, 5) is 13.2. The van der Waals surface area contributed by atoms with Gasteiger partial charge in [0.15, 0.2) is 0 Å². The monoisotopic (exact) mass is 404 g/mol. The van der Waals surface area contributed by atoms with Gasteiger partial charge in [0.05, 0.1) is 16.9 Å². The average Bonchev–Trinajstić information content (AvgIpc) is 2.91. The third-order valence-corrected chi connectivity index (χ3v) is 5.41. The van der Waals surface area contributed by atoms with Gasteiger partial charge in [0.25, 0.3) is 5.56 Å². The zero-order valence-corrected chi connectivity index (χ0v) is 16.8. The van der Waals surface area contributed by atoms with Crippen molar-refractivity contribution in [2.45, 2.75) is 33.1 Å². The van der Waals surface area contributed by atoms with Crippen molar-refractivity contribution in [3.05, 3.63) is 74.5 Å². The van der Waals surface area contributed by atoms with Gasteiger partial charge in [-0.05, 0) is 60.9 Å². The quantitative estimate of drug-likeness (QED) is 0.579. The standard InChI is InChI=1S/C21H22Cl2N2O2/c1-3-14(4-2)13-19-20(26)24(17-9-5-15(22)6-10-17)25(21(19)27)18-11-7-16(23)8-12-18/h5-12,14,26H,3-4,13H2,1-2H3. The van der Waals surface area contributed by atoms with Gasteiger partial charge in [-0.2, -0.15) is 0 Å². The summed E-state index contributed by atoms with van der Waals surface area (Å²) in [5.41, 5.74) is 1.48. The van der Waals surface area contributed by atoms with Gasteiger partial charge in [-0.15, -0.1) is 0 Å². The van der Waals surface area contributed by atoms with Gasteiger partial charge in [0, 0.05) is 10.0 Å². The van der Waals surface area contributed by atoms with Crippen molar-refractivity contribution in [1.82, 2.24) is 9.36 Å². The molecule has 6 heteroatoms. The van der Waals surface area contributed by atoms with Gasteiger partial charge in [-0.1, -0.05) is 49.9 Å². The molecule has 1 heterocycles. The van der Waals surface area contributed by atoms with Crippen LogP contribution in [-0.4, -0.2) is 14.5 Å². The van der Waals surface area contributed by atoms with Crippen LogP contribution in [0, 0.1) is 5.92 Å². The van der Waals surface area contributed by atoms with Gasteiger partial charge in [0.1, 0.15) is 0 Å². The van der Waals surface area contributed by atoms with Gasteiger partial charge < -0.3 is 5.11 Å². The van der Waals surface area contributed by atoms with Crippen LogP contribution in [0.1, 0.15) is 32.3 Å². The Kier molecular flexibility index (Phi) is 5.98. The van der Waals surface area contributed by atoms with E-state index in [9.17, 15) is 9.90 Å². The van der Waals surface area contributed by atoms with E-state index < -0.39 is 0 Å². The molecule has 0 atom stereocenters. The van der Waals surface area contributed by atoms with Crippen LogP contribution >= 0.6 is 23.2 Å². The third kappa shape index (κ3) is 3.92. The molecule has 142 valence electrons. The van der Waals surface area contributed by atoms with Gasteiger partial charge in [-0.3, -0.25) is 4.79 Å². The van der Waals surface area contributed by atoms with Crippen LogP contribution in [0.15, 0.2) is 53.3 Å². The molecule has 3 rings (SSSR count). The van der Waals surface area contributed by atoms with E-state index in [0.717, 1.165) is 12.8 Å². The summed E-state index contributed by atoms with van der Waals surface area (Å²) in [6.07, 6.45) is 2.43. The van der Waals surface area contributed by atoms with E-state index in [1.807, 2.05) is 0 Å². The molecule has 1 N–H and O–H groups in total. The molecule has 0 aliphatic carbocycles. The SMILES string of the molecule is CCC(CC)Cc1c(O)n(-c2ccc(Cl)cc2)n(-c2ccc(Cl)cc2)c1=O. The molecule has 3 aromatic rings. The number of hydrogen-bond donors (Lipinski definition) is 1. The second kappa shape index (κ2) is 8.24. The molecule has 0 fully saturated rings. The van der Waals surface area contributed by atoms with E-state index in [2.05, 4.69) is 13.8 Å². The smallest absolute Gasteiger partial charge is 0.278 e. The Morgan fingerprint density at radius 2 is 1.30 bits per heavy atom. The van der Waals surface area contributed by atoms with Crippen molar-refractivity contribution < 1.29 is 5.11 Å². The second-order valence-corrected chi connectivity index (χ2v) is 7.44. The Morgan fingerprint density at radius 3 is 1.74 bits per heavy atom.